The number of carbonyl (C=O) groups is 2. The molecule has 6 heteroatoms. The largest absolute Gasteiger partial charge is 0.465 e. The number of aryl methyl sites for hydroxylation is 1. The number of quaternary nitrogens is 1. The molecule has 0 spiro atoms. The predicted molar refractivity (Wildman–Crippen MR) is 90.8 cm³/mol. The summed E-state index contributed by atoms with van der Waals surface area (Å²) in [5, 5.41) is 3.39. The molecule has 0 bridgehead atoms. The van der Waals surface area contributed by atoms with Crippen molar-refractivity contribution in [3.63, 3.8) is 0 Å². The summed E-state index contributed by atoms with van der Waals surface area (Å²) in [6, 6.07) is 3.25. The van der Waals surface area contributed by atoms with Crippen molar-refractivity contribution < 1.29 is 18.8 Å². The van der Waals surface area contributed by atoms with Gasteiger partial charge in [-0.25, -0.2) is 4.79 Å². The van der Waals surface area contributed by atoms with Gasteiger partial charge in [0.25, 0.3) is 5.91 Å². The number of methoxy groups -OCH3 is 1. The molecular formula is C17H24ClN2O3+. The zero-order valence-corrected chi connectivity index (χ0v) is 15.1. The molecule has 0 heterocycles. The molecule has 0 aliphatic heterocycles. The van der Waals surface area contributed by atoms with Gasteiger partial charge in [0, 0.05) is 17.9 Å². The Hall–Kier alpha value is -1.59. The number of rotatable bonds is 5. The number of amides is 1. The van der Waals surface area contributed by atoms with Crippen LogP contribution in [0.1, 0.15) is 35.7 Å². The van der Waals surface area contributed by atoms with E-state index in [9.17, 15) is 9.59 Å². The zero-order valence-electron chi connectivity index (χ0n) is 14.3. The van der Waals surface area contributed by atoms with Crippen LogP contribution >= 0.6 is 11.6 Å². The first-order valence-electron chi connectivity index (χ1n) is 7.71. The van der Waals surface area contributed by atoms with Crippen molar-refractivity contribution in [1.29, 1.82) is 0 Å². The lowest BCUT2D eigenvalue weighted by Gasteiger charge is -2.36. The minimum atomic E-state index is -0.514. The van der Waals surface area contributed by atoms with Crippen LogP contribution in [0.5, 0.6) is 0 Å². The number of esters is 1. The molecule has 1 amide bonds. The van der Waals surface area contributed by atoms with Crippen molar-refractivity contribution in [1.82, 2.24) is 0 Å². The molecule has 1 aliphatic rings. The minimum absolute atomic E-state index is 0.0556. The number of nitrogens with zero attached hydrogens (tertiary/aromatic N) is 1. The highest BCUT2D eigenvalue weighted by Gasteiger charge is 2.62. The van der Waals surface area contributed by atoms with Crippen LogP contribution in [0.25, 0.3) is 0 Å². The van der Waals surface area contributed by atoms with Gasteiger partial charge in [-0.15, -0.1) is 0 Å². The first-order chi connectivity index (χ1) is 10.7. The maximum Gasteiger partial charge on any atom is 0.340 e. The third-order valence-electron chi connectivity index (χ3n) is 5.04. The van der Waals surface area contributed by atoms with Crippen molar-refractivity contribution in [2.45, 2.75) is 32.2 Å². The van der Waals surface area contributed by atoms with Crippen molar-refractivity contribution in [2.75, 3.05) is 33.1 Å². The molecule has 126 valence electrons. The standard InChI is InChI=1S/C17H23ClN2O3/c1-6-20(3,4)17(7-8-17)16(22)19-14-11(2)9-12(18)10-13(14)15(21)23-5/h9-10H,6-8H2,1-5H3/p+1. The van der Waals surface area contributed by atoms with E-state index in [-0.39, 0.29) is 11.5 Å². The lowest BCUT2D eigenvalue weighted by molar-refractivity contribution is -0.914. The van der Waals surface area contributed by atoms with Crippen molar-refractivity contribution in [3.05, 3.63) is 28.3 Å². The Balaban J connectivity index is 2.37. The lowest BCUT2D eigenvalue weighted by Crippen LogP contribution is -2.56. The molecule has 0 radical (unpaired) electrons. The third-order valence-corrected chi connectivity index (χ3v) is 5.26. The van der Waals surface area contributed by atoms with Crippen LogP contribution in [-0.2, 0) is 9.53 Å². The Kier molecular flexibility index (Phi) is 4.74. The number of carbonyl (C=O) groups excluding carboxylic acids is 2. The number of halogens is 1. The quantitative estimate of drug-likeness (QED) is 0.662. The smallest absolute Gasteiger partial charge is 0.340 e. The average molecular weight is 340 g/mol. The number of ether oxygens (including phenoxy) is 1. The van der Waals surface area contributed by atoms with Gasteiger partial charge in [-0.1, -0.05) is 11.6 Å². The van der Waals surface area contributed by atoms with Crippen LogP contribution in [0.3, 0.4) is 0 Å². The van der Waals surface area contributed by atoms with Gasteiger partial charge < -0.3 is 14.5 Å². The van der Waals surface area contributed by atoms with E-state index in [1.165, 1.54) is 13.2 Å². The number of hydrogen-bond donors (Lipinski definition) is 1. The van der Waals surface area contributed by atoms with Gasteiger partial charge in [0.15, 0.2) is 5.54 Å². The fraction of sp³-hybridized carbons (Fsp3) is 0.529. The topological polar surface area (TPSA) is 55.4 Å². The number of likely N-dealkylation sites (N-methyl/N-ethyl adjacent to an activating group) is 1. The molecule has 0 unspecified atom stereocenters. The first-order valence-corrected chi connectivity index (χ1v) is 8.09. The number of hydrogen-bond acceptors (Lipinski definition) is 3. The molecule has 23 heavy (non-hydrogen) atoms. The second kappa shape index (κ2) is 6.13. The summed E-state index contributed by atoms with van der Waals surface area (Å²) in [5.74, 6) is -0.570. The average Bonchev–Trinajstić information content (AvgIpc) is 3.30. The summed E-state index contributed by atoms with van der Waals surface area (Å²) in [6.07, 6.45) is 1.69. The van der Waals surface area contributed by atoms with Gasteiger partial charge in [0.1, 0.15) is 0 Å². The predicted octanol–water partition coefficient (Wildman–Crippen LogP) is 3.00. The van der Waals surface area contributed by atoms with E-state index >= 15 is 0 Å². The SMILES string of the molecule is CC[N+](C)(C)C1(C(=O)Nc2c(C)cc(Cl)cc2C(=O)OC)CC1. The van der Waals surface area contributed by atoms with E-state index in [1.807, 2.05) is 6.92 Å². The summed E-state index contributed by atoms with van der Waals surface area (Å²) >= 11 is 6.03. The van der Waals surface area contributed by atoms with E-state index in [0.717, 1.165) is 24.9 Å². The van der Waals surface area contributed by atoms with E-state index in [0.29, 0.717) is 15.2 Å². The van der Waals surface area contributed by atoms with Gasteiger partial charge in [-0.05, 0) is 31.5 Å². The number of benzene rings is 1. The maximum atomic E-state index is 12.9. The third kappa shape index (κ3) is 3.08. The van der Waals surface area contributed by atoms with E-state index < -0.39 is 11.5 Å². The Morgan fingerprint density at radius 3 is 2.43 bits per heavy atom. The van der Waals surface area contributed by atoms with E-state index in [1.54, 1.807) is 6.07 Å². The van der Waals surface area contributed by atoms with Gasteiger partial charge >= 0.3 is 5.97 Å². The van der Waals surface area contributed by atoms with Crippen molar-refractivity contribution >= 4 is 29.2 Å². The van der Waals surface area contributed by atoms with E-state index in [4.69, 9.17) is 16.3 Å². The zero-order chi connectivity index (χ0) is 17.4. The highest BCUT2D eigenvalue weighted by atomic mass is 35.5. The fourth-order valence-corrected chi connectivity index (χ4v) is 3.21. The maximum absolute atomic E-state index is 12.9. The van der Waals surface area contributed by atoms with Crippen molar-refractivity contribution in [3.8, 4) is 0 Å². The second-order valence-corrected chi connectivity index (χ2v) is 7.06. The molecular weight excluding hydrogens is 316 g/mol. The first kappa shape index (κ1) is 17.8. The van der Waals surface area contributed by atoms with Crippen LogP contribution in [0.4, 0.5) is 5.69 Å². The molecule has 2 rings (SSSR count). The van der Waals surface area contributed by atoms with E-state index in [2.05, 4.69) is 26.3 Å². The fourth-order valence-electron chi connectivity index (χ4n) is 2.94. The Morgan fingerprint density at radius 1 is 1.35 bits per heavy atom. The van der Waals surface area contributed by atoms with Crippen LogP contribution in [0.15, 0.2) is 12.1 Å². The molecule has 1 N–H and O–H groups in total. The molecule has 1 aliphatic carbocycles. The number of anilines is 1. The molecule has 1 fully saturated rings. The molecule has 0 aromatic heterocycles. The molecule has 1 aromatic rings. The minimum Gasteiger partial charge on any atom is -0.465 e. The van der Waals surface area contributed by atoms with Gasteiger partial charge in [0.2, 0.25) is 0 Å². The number of nitrogens with one attached hydrogen (secondary N) is 1. The monoisotopic (exact) mass is 339 g/mol. The summed E-state index contributed by atoms with van der Waals surface area (Å²) in [5.41, 5.74) is 1.08. The van der Waals surface area contributed by atoms with Crippen LogP contribution < -0.4 is 5.32 Å². The van der Waals surface area contributed by atoms with Crippen LogP contribution in [0.2, 0.25) is 5.02 Å². The van der Waals surface area contributed by atoms with Crippen molar-refractivity contribution in [2.24, 2.45) is 0 Å². The summed E-state index contributed by atoms with van der Waals surface area (Å²) in [7, 11) is 5.43. The van der Waals surface area contributed by atoms with Gasteiger partial charge in [-0.2, -0.15) is 0 Å². The molecule has 1 aromatic carbocycles. The van der Waals surface area contributed by atoms with Gasteiger partial charge in [-0.3, -0.25) is 4.79 Å². The van der Waals surface area contributed by atoms with Crippen LogP contribution in [0, 0.1) is 6.92 Å². The van der Waals surface area contributed by atoms with Gasteiger partial charge in [0.05, 0.1) is 39.0 Å². The molecule has 1 saturated carbocycles. The molecule has 5 nitrogen and oxygen atoms in total. The summed E-state index contributed by atoms with van der Waals surface area (Å²) < 4.78 is 5.43. The highest BCUT2D eigenvalue weighted by molar-refractivity contribution is 6.31. The Bertz CT molecular complexity index is 651. The highest BCUT2D eigenvalue weighted by Crippen LogP contribution is 2.46. The Labute approximate surface area is 142 Å². The molecule has 0 atom stereocenters. The second-order valence-electron chi connectivity index (χ2n) is 6.62. The summed E-state index contributed by atoms with van der Waals surface area (Å²) in [4.78, 5) is 24.9. The molecule has 0 saturated heterocycles. The van der Waals surface area contributed by atoms with Crippen LogP contribution in [-0.4, -0.2) is 49.6 Å². The lowest BCUT2D eigenvalue weighted by atomic mass is 10.1. The summed E-state index contributed by atoms with van der Waals surface area (Å²) in [6.45, 7) is 4.74. The Morgan fingerprint density at radius 2 is 1.96 bits per heavy atom. The normalized spacial score (nSPS) is 15.9.